The van der Waals surface area contributed by atoms with Crippen LogP contribution >= 0.6 is 0 Å². The Bertz CT molecular complexity index is 322. The quantitative estimate of drug-likeness (QED) is 0.850. The first-order chi connectivity index (χ1) is 7.65. The van der Waals surface area contributed by atoms with Gasteiger partial charge in [-0.2, -0.15) is 5.10 Å². The molecule has 1 heterocycles. The minimum absolute atomic E-state index is 0.630. The van der Waals surface area contributed by atoms with Crippen molar-refractivity contribution in [2.24, 2.45) is 18.9 Å². The van der Waals surface area contributed by atoms with Gasteiger partial charge < -0.3 is 5.32 Å². The third kappa shape index (κ3) is 2.77. The van der Waals surface area contributed by atoms with Gasteiger partial charge >= 0.3 is 0 Å². The molecule has 0 spiro atoms. The molecule has 0 saturated heterocycles. The minimum Gasteiger partial charge on any atom is -0.366 e. The monoisotopic (exact) mass is 221 g/mol. The Morgan fingerprint density at radius 3 is 2.50 bits per heavy atom. The lowest BCUT2D eigenvalue weighted by molar-refractivity contribution is 0.266. The van der Waals surface area contributed by atoms with E-state index in [-0.39, 0.29) is 0 Å². The van der Waals surface area contributed by atoms with Gasteiger partial charge in [0.05, 0.1) is 0 Å². The summed E-state index contributed by atoms with van der Waals surface area (Å²) in [6, 6.07) is 2.68. The summed E-state index contributed by atoms with van der Waals surface area (Å²) < 4.78 is 1.85. The van der Waals surface area contributed by atoms with E-state index in [4.69, 9.17) is 0 Å². The van der Waals surface area contributed by atoms with E-state index in [1.54, 1.807) is 0 Å². The molecule has 1 aliphatic carbocycles. The second-order valence-corrected chi connectivity index (χ2v) is 5.37. The topological polar surface area (TPSA) is 29.9 Å². The fourth-order valence-corrected chi connectivity index (χ4v) is 2.63. The van der Waals surface area contributed by atoms with Crippen LogP contribution in [0.25, 0.3) is 0 Å². The molecule has 1 fully saturated rings. The summed E-state index contributed by atoms with van der Waals surface area (Å²) in [6.45, 7) is 4.69. The van der Waals surface area contributed by atoms with Gasteiger partial charge in [0.25, 0.3) is 0 Å². The van der Waals surface area contributed by atoms with E-state index >= 15 is 0 Å². The van der Waals surface area contributed by atoms with Gasteiger partial charge in [-0.1, -0.05) is 13.8 Å². The first kappa shape index (κ1) is 11.5. The summed E-state index contributed by atoms with van der Waals surface area (Å²) >= 11 is 0. The van der Waals surface area contributed by atoms with Gasteiger partial charge in [0.2, 0.25) is 0 Å². The van der Waals surface area contributed by atoms with E-state index < -0.39 is 0 Å². The number of hydrogen-bond acceptors (Lipinski definition) is 2. The lowest BCUT2D eigenvalue weighted by atomic mass is 9.80. The normalized spacial score (nSPS) is 26.0. The largest absolute Gasteiger partial charge is 0.366 e. The van der Waals surface area contributed by atoms with Crippen LogP contribution in [0, 0.1) is 11.8 Å². The fourth-order valence-electron chi connectivity index (χ4n) is 2.63. The standard InChI is InChI=1S/C13H23N3/c1-10(2)11-4-6-12(7-5-11)14-13-8-9-16(3)15-13/h8-12H,4-7H2,1-3H3,(H,14,15). The maximum Gasteiger partial charge on any atom is 0.148 e. The van der Waals surface area contributed by atoms with E-state index in [1.165, 1.54) is 25.7 Å². The Labute approximate surface area is 98.2 Å². The van der Waals surface area contributed by atoms with E-state index in [0.29, 0.717) is 6.04 Å². The van der Waals surface area contributed by atoms with Crippen molar-refractivity contribution in [1.29, 1.82) is 0 Å². The number of rotatable bonds is 3. The smallest absolute Gasteiger partial charge is 0.148 e. The van der Waals surface area contributed by atoms with Gasteiger partial charge in [-0.15, -0.1) is 0 Å². The molecular weight excluding hydrogens is 198 g/mol. The zero-order valence-electron chi connectivity index (χ0n) is 10.6. The molecule has 0 amide bonds. The van der Waals surface area contributed by atoms with Crippen LogP contribution < -0.4 is 5.32 Å². The summed E-state index contributed by atoms with van der Waals surface area (Å²) in [7, 11) is 1.96. The summed E-state index contributed by atoms with van der Waals surface area (Å²) in [5.74, 6) is 2.80. The van der Waals surface area contributed by atoms with E-state index in [9.17, 15) is 0 Å². The summed E-state index contributed by atoms with van der Waals surface area (Å²) in [4.78, 5) is 0. The molecule has 3 nitrogen and oxygen atoms in total. The zero-order chi connectivity index (χ0) is 11.5. The predicted octanol–water partition coefficient (Wildman–Crippen LogP) is 3.05. The molecule has 1 N–H and O–H groups in total. The Morgan fingerprint density at radius 2 is 2.00 bits per heavy atom. The van der Waals surface area contributed by atoms with Crippen LogP contribution in [-0.2, 0) is 7.05 Å². The molecule has 0 aliphatic heterocycles. The molecule has 1 aromatic heterocycles. The number of nitrogens with one attached hydrogen (secondary N) is 1. The van der Waals surface area contributed by atoms with Crippen LogP contribution in [0.2, 0.25) is 0 Å². The fraction of sp³-hybridized carbons (Fsp3) is 0.769. The molecule has 3 heteroatoms. The lowest BCUT2D eigenvalue weighted by Crippen LogP contribution is -2.28. The van der Waals surface area contributed by atoms with Gasteiger partial charge in [-0.05, 0) is 37.5 Å². The van der Waals surface area contributed by atoms with Crippen molar-refractivity contribution in [1.82, 2.24) is 9.78 Å². The van der Waals surface area contributed by atoms with Gasteiger partial charge in [-0.3, -0.25) is 4.68 Å². The first-order valence-corrected chi connectivity index (χ1v) is 6.41. The number of aryl methyl sites for hydroxylation is 1. The second-order valence-electron chi connectivity index (χ2n) is 5.37. The van der Waals surface area contributed by atoms with Crippen molar-refractivity contribution in [3.8, 4) is 0 Å². The van der Waals surface area contributed by atoms with E-state index in [0.717, 1.165) is 17.7 Å². The van der Waals surface area contributed by atoms with Crippen molar-refractivity contribution >= 4 is 5.82 Å². The van der Waals surface area contributed by atoms with Crippen LogP contribution in [0.1, 0.15) is 39.5 Å². The number of hydrogen-bond donors (Lipinski definition) is 1. The molecule has 0 unspecified atom stereocenters. The lowest BCUT2D eigenvalue weighted by Gasteiger charge is -2.31. The number of nitrogens with zero attached hydrogens (tertiary/aromatic N) is 2. The van der Waals surface area contributed by atoms with E-state index in [1.807, 2.05) is 17.9 Å². The van der Waals surface area contributed by atoms with Crippen molar-refractivity contribution in [2.75, 3.05) is 5.32 Å². The van der Waals surface area contributed by atoms with Gasteiger partial charge in [0.15, 0.2) is 0 Å². The highest BCUT2D eigenvalue weighted by molar-refractivity contribution is 5.33. The average molecular weight is 221 g/mol. The SMILES string of the molecule is CC(C)C1CCC(Nc2ccn(C)n2)CC1. The summed E-state index contributed by atoms with van der Waals surface area (Å²) in [5, 5.41) is 7.89. The minimum atomic E-state index is 0.630. The molecule has 90 valence electrons. The molecule has 16 heavy (non-hydrogen) atoms. The third-order valence-electron chi connectivity index (χ3n) is 3.78. The summed E-state index contributed by atoms with van der Waals surface area (Å²) in [6.07, 6.45) is 7.30. The van der Waals surface area contributed by atoms with Crippen molar-refractivity contribution < 1.29 is 0 Å². The maximum absolute atomic E-state index is 4.36. The van der Waals surface area contributed by atoms with E-state index in [2.05, 4.69) is 30.3 Å². The molecular formula is C13H23N3. The Morgan fingerprint density at radius 1 is 1.31 bits per heavy atom. The zero-order valence-corrected chi connectivity index (χ0v) is 10.6. The Kier molecular flexibility index (Phi) is 3.52. The highest BCUT2D eigenvalue weighted by atomic mass is 15.3. The van der Waals surface area contributed by atoms with Crippen LogP contribution in [0.3, 0.4) is 0 Å². The first-order valence-electron chi connectivity index (χ1n) is 6.41. The van der Waals surface area contributed by atoms with Crippen molar-refractivity contribution in [3.63, 3.8) is 0 Å². The Hall–Kier alpha value is -0.990. The molecule has 0 atom stereocenters. The average Bonchev–Trinajstić information content (AvgIpc) is 2.65. The maximum atomic E-state index is 4.36. The van der Waals surface area contributed by atoms with Gasteiger partial charge in [-0.25, -0.2) is 0 Å². The molecule has 1 aromatic rings. The van der Waals surface area contributed by atoms with Crippen LogP contribution in [-0.4, -0.2) is 15.8 Å². The van der Waals surface area contributed by atoms with Crippen LogP contribution in [0.15, 0.2) is 12.3 Å². The predicted molar refractivity (Wildman–Crippen MR) is 67.4 cm³/mol. The Balaban J connectivity index is 1.81. The van der Waals surface area contributed by atoms with Crippen LogP contribution in [0.4, 0.5) is 5.82 Å². The molecule has 0 radical (unpaired) electrons. The molecule has 1 saturated carbocycles. The number of aromatic nitrogens is 2. The molecule has 0 bridgehead atoms. The molecule has 2 rings (SSSR count). The molecule has 1 aliphatic rings. The highest BCUT2D eigenvalue weighted by Gasteiger charge is 2.23. The number of anilines is 1. The second kappa shape index (κ2) is 4.89. The van der Waals surface area contributed by atoms with Crippen LogP contribution in [0.5, 0.6) is 0 Å². The third-order valence-corrected chi connectivity index (χ3v) is 3.78. The van der Waals surface area contributed by atoms with Gasteiger partial charge in [0, 0.05) is 25.4 Å². The highest BCUT2D eigenvalue weighted by Crippen LogP contribution is 2.30. The van der Waals surface area contributed by atoms with Crippen molar-refractivity contribution in [2.45, 2.75) is 45.6 Å². The molecule has 0 aromatic carbocycles. The van der Waals surface area contributed by atoms with Gasteiger partial charge in [0.1, 0.15) is 5.82 Å². The summed E-state index contributed by atoms with van der Waals surface area (Å²) in [5.41, 5.74) is 0. The van der Waals surface area contributed by atoms with Crippen molar-refractivity contribution in [3.05, 3.63) is 12.3 Å².